The minimum atomic E-state index is -4.68. The van der Waals surface area contributed by atoms with Crippen molar-refractivity contribution in [1.29, 1.82) is 0 Å². The third-order valence-corrected chi connectivity index (χ3v) is 6.51. The van der Waals surface area contributed by atoms with E-state index in [0.29, 0.717) is 51.5 Å². The number of ether oxygens (including phenoxy) is 1. The summed E-state index contributed by atoms with van der Waals surface area (Å²) in [6.07, 6.45) is -4.68. The van der Waals surface area contributed by atoms with Crippen molar-refractivity contribution >= 4 is 22.5 Å². The van der Waals surface area contributed by atoms with Gasteiger partial charge in [-0.1, -0.05) is 12.1 Å². The summed E-state index contributed by atoms with van der Waals surface area (Å²) in [5.41, 5.74) is 1.89. The molecule has 0 aliphatic carbocycles. The first kappa shape index (κ1) is 23.3. The molecule has 0 saturated carbocycles. The molecule has 0 radical (unpaired) electrons. The van der Waals surface area contributed by atoms with Crippen molar-refractivity contribution in [2.24, 2.45) is 0 Å². The maximum absolute atomic E-state index is 13.7. The molecule has 3 aromatic rings. The van der Waals surface area contributed by atoms with E-state index in [9.17, 15) is 22.8 Å². The van der Waals surface area contributed by atoms with E-state index in [-0.39, 0.29) is 16.9 Å². The molecule has 2 aliphatic heterocycles. The van der Waals surface area contributed by atoms with Gasteiger partial charge in [-0.15, -0.1) is 0 Å². The topological polar surface area (TPSA) is 90.6 Å². The number of aromatic nitrogens is 2. The first-order valence-electron chi connectivity index (χ1n) is 11.3. The van der Waals surface area contributed by atoms with E-state index in [2.05, 4.69) is 20.2 Å². The highest BCUT2D eigenvalue weighted by molar-refractivity contribution is 5.92. The summed E-state index contributed by atoms with van der Waals surface area (Å²) in [6, 6.07) is 8.57. The largest absolute Gasteiger partial charge is 0.435 e. The number of piperazine rings is 1. The Balaban J connectivity index is 1.30. The highest BCUT2D eigenvalue weighted by Crippen LogP contribution is 2.36. The number of carbonyl (C=O) groups excluding carboxylic acids is 1. The normalized spacial score (nSPS) is 16.5. The summed E-state index contributed by atoms with van der Waals surface area (Å²) in [5, 5.41) is 3.27. The van der Waals surface area contributed by atoms with Crippen molar-refractivity contribution in [2.45, 2.75) is 25.9 Å². The number of pyridine rings is 2. The Morgan fingerprint density at radius 3 is 2.57 bits per heavy atom. The van der Waals surface area contributed by atoms with Crippen LogP contribution in [0.15, 0.2) is 35.1 Å². The summed E-state index contributed by atoms with van der Waals surface area (Å²) in [5.74, 6) is -0.666. The number of hydrogen-bond acceptors (Lipinski definition) is 6. The number of carbonyl (C=O) groups is 1. The third kappa shape index (κ3) is 4.48. The van der Waals surface area contributed by atoms with Gasteiger partial charge in [0.05, 0.1) is 18.9 Å². The highest BCUT2D eigenvalue weighted by atomic mass is 19.4. The first-order chi connectivity index (χ1) is 16.7. The Morgan fingerprint density at radius 1 is 1.11 bits per heavy atom. The summed E-state index contributed by atoms with van der Waals surface area (Å²) in [4.78, 5) is 34.4. The first-order valence-corrected chi connectivity index (χ1v) is 11.3. The molecule has 184 valence electrons. The van der Waals surface area contributed by atoms with Gasteiger partial charge in [-0.05, 0) is 29.3 Å². The Bertz CT molecular complexity index is 1350. The fourth-order valence-electron chi connectivity index (χ4n) is 4.70. The minimum Gasteiger partial charge on any atom is -0.372 e. The zero-order valence-corrected chi connectivity index (χ0v) is 19.0. The molecular formula is C24H24F3N5O3. The molecule has 2 aromatic heterocycles. The standard InChI is InChI=1S/C24H24F3N5O3/c1-28-23(34)18-4-5-20(21(29-18)24(25,26)27)32-8-6-31(7-9-32)11-14-2-3-15-16-12-35-13-17(16)22(33)30-19(15)10-14/h2-5,10H,6-9,11-13H2,1H3,(H,28,34)(H,30,33). The second-order valence-corrected chi connectivity index (χ2v) is 8.69. The van der Waals surface area contributed by atoms with E-state index in [4.69, 9.17) is 4.74 Å². The Hall–Kier alpha value is -3.44. The number of hydrogen-bond donors (Lipinski definition) is 2. The van der Waals surface area contributed by atoms with E-state index in [0.717, 1.165) is 22.0 Å². The zero-order valence-electron chi connectivity index (χ0n) is 19.0. The van der Waals surface area contributed by atoms with E-state index >= 15 is 0 Å². The van der Waals surface area contributed by atoms with E-state index in [1.54, 1.807) is 4.90 Å². The van der Waals surface area contributed by atoms with Crippen LogP contribution in [-0.4, -0.2) is 54.0 Å². The molecule has 1 amide bonds. The maximum Gasteiger partial charge on any atom is 0.435 e. The van der Waals surface area contributed by atoms with Gasteiger partial charge in [-0.3, -0.25) is 14.5 Å². The summed E-state index contributed by atoms with van der Waals surface area (Å²) < 4.78 is 46.5. The lowest BCUT2D eigenvalue weighted by molar-refractivity contribution is -0.140. The van der Waals surface area contributed by atoms with Crippen molar-refractivity contribution in [3.63, 3.8) is 0 Å². The van der Waals surface area contributed by atoms with E-state index < -0.39 is 17.8 Å². The second-order valence-electron chi connectivity index (χ2n) is 8.69. The van der Waals surface area contributed by atoms with Crippen molar-refractivity contribution < 1.29 is 22.7 Å². The lowest BCUT2D eigenvalue weighted by atomic mass is 10.0. The molecule has 8 nitrogen and oxygen atoms in total. The van der Waals surface area contributed by atoms with Crippen LogP contribution in [0.2, 0.25) is 0 Å². The number of aromatic amines is 1. The van der Waals surface area contributed by atoms with Gasteiger partial charge in [0.25, 0.3) is 11.5 Å². The number of anilines is 1. The van der Waals surface area contributed by atoms with Crippen LogP contribution in [0, 0.1) is 0 Å². The fourth-order valence-corrected chi connectivity index (χ4v) is 4.70. The van der Waals surface area contributed by atoms with Crippen LogP contribution in [0.5, 0.6) is 0 Å². The van der Waals surface area contributed by atoms with Crippen LogP contribution in [0.3, 0.4) is 0 Å². The lowest BCUT2D eigenvalue weighted by Crippen LogP contribution is -2.46. The zero-order chi connectivity index (χ0) is 24.7. The predicted molar refractivity (Wildman–Crippen MR) is 123 cm³/mol. The molecule has 0 bridgehead atoms. The number of nitrogens with one attached hydrogen (secondary N) is 2. The van der Waals surface area contributed by atoms with Crippen LogP contribution < -0.4 is 15.8 Å². The Kier molecular flexibility index (Phi) is 5.97. The Morgan fingerprint density at radius 2 is 1.86 bits per heavy atom. The van der Waals surface area contributed by atoms with Crippen LogP contribution >= 0.6 is 0 Å². The van der Waals surface area contributed by atoms with Crippen LogP contribution in [0.1, 0.15) is 32.9 Å². The number of nitrogens with zero attached hydrogens (tertiary/aromatic N) is 3. The molecule has 1 fully saturated rings. The van der Waals surface area contributed by atoms with E-state index in [1.165, 1.54) is 19.2 Å². The van der Waals surface area contributed by atoms with Crippen LogP contribution in [0.4, 0.5) is 18.9 Å². The summed E-state index contributed by atoms with van der Waals surface area (Å²) in [7, 11) is 1.35. The quantitative estimate of drug-likeness (QED) is 0.588. The monoisotopic (exact) mass is 487 g/mol. The van der Waals surface area contributed by atoms with Crippen LogP contribution in [-0.2, 0) is 30.7 Å². The van der Waals surface area contributed by atoms with Crippen molar-refractivity contribution in [3.8, 4) is 0 Å². The number of rotatable bonds is 4. The molecule has 11 heteroatoms. The molecule has 1 saturated heterocycles. The lowest BCUT2D eigenvalue weighted by Gasteiger charge is -2.37. The molecule has 35 heavy (non-hydrogen) atoms. The number of H-pyrrole nitrogens is 1. The van der Waals surface area contributed by atoms with Gasteiger partial charge >= 0.3 is 6.18 Å². The molecule has 0 spiro atoms. The molecule has 0 atom stereocenters. The average molecular weight is 487 g/mol. The van der Waals surface area contributed by atoms with Gasteiger partial charge in [-0.2, -0.15) is 13.2 Å². The number of halogens is 3. The second kappa shape index (κ2) is 8.97. The molecule has 2 aliphatic rings. The summed E-state index contributed by atoms with van der Waals surface area (Å²) >= 11 is 0. The predicted octanol–water partition coefficient (Wildman–Crippen LogP) is 2.65. The Labute approximate surface area is 198 Å². The van der Waals surface area contributed by atoms with Gasteiger partial charge in [0.2, 0.25) is 0 Å². The molecule has 1 aromatic carbocycles. The van der Waals surface area contributed by atoms with E-state index in [1.807, 2.05) is 18.2 Å². The van der Waals surface area contributed by atoms with Gasteiger partial charge in [0.1, 0.15) is 5.69 Å². The molecule has 4 heterocycles. The van der Waals surface area contributed by atoms with Gasteiger partial charge in [-0.25, -0.2) is 4.98 Å². The number of benzene rings is 1. The van der Waals surface area contributed by atoms with Crippen molar-refractivity contribution in [2.75, 3.05) is 38.1 Å². The number of alkyl halides is 3. The van der Waals surface area contributed by atoms with Gasteiger partial charge < -0.3 is 19.9 Å². The molecular weight excluding hydrogens is 463 g/mol. The molecule has 2 N–H and O–H groups in total. The summed E-state index contributed by atoms with van der Waals surface area (Å²) in [6.45, 7) is 3.25. The molecule has 0 unspecified atom stereocenters. The highest BCUT2D eigenvalue weighted by Gasteiger charge is 2.38. The third-order valence-electron chi connectivity index (χ3n) is 6.51. The van der Waals surface area contributed by atoms with Crippen molar-refractivity contribution in [1.82, 2.24) is 20.2 Å². The minimum absolute atomic E-state index is 0.0239. The maximum atomic E-state index is 13.7. The smallest absolute Gasteiger partial charge is 0.372 e. The van der Waals surface area contributed by atoms with Gasteiger partial charge in [0.15, 0.2) is 5.69 Å². The SMILES string of the molecule is CNC(=O)c1ccc(N2CCN(Cc3ccc4c5c(c(=O)[nH]c4c3)COC5)CC2)c(C(F)(F)F)n1. The number of amides is 1. The van der Waals surface area contributed by atoms with Crippen molar-refractivity contribution in [3.05, 3.63) is 68.8 Å². The number of fused-ring (bicyclic) bond motifs is 3. The van der Waals surface area contributed by atoms with Gasteiger partial charge in [0, 0.05) is 56.2 Å². The molecule has 5 rings (SSSR count). The van der Waals surface area contributed by atoms with Crippen LogP contribution in [0.25, 0.3) is 10.9 Å². The fraction of sp³-hybridized carbons (Fsp3) is 0.375. The average Bonchev–Trinajstić information content (AvgIpc) is 3.34.